The Bertz CT molecular complexity index is 778. The third kappa shape index (κ3) is 8.74. The lowest BCUT2D eigenvalue weighted by atomic mass is 9.83. The van der Waals surface area contributed by atoms with Gasteiger partial charge in [-0.15, -0.1) is 0 Å². The predicted molar refractivity (Wildman–Crippen MR) is 129 cm³/mol. The lowest BCUT2D eigenvalue weighted by Gasteiger charge is -2.38. The highest BCUT2D eigenvalue weighted by Crippen LogP contribution is 2.46. The molecule has 6 nitrogen and oxygen atoms in total. The van der Waals surface area contributed by atoms with E-state index in [9.17, 15) is 9.59 Å². The van der Waals surface area contributed by atoms with Crippen molar-refractivity contribution in [3.63, 3.8) is 0 Å². The van der Waals surface area contributed by atoms with E-state index in [4.69, 9.17) is 14.2 Å². The second kappa shape index (κ2) is 11.0. The van der Waals surface area contributed by atoms with Crippen molar-refractivity contribution in [1.29, 1.82) is 0 Å². The summed E-state index contributed by atoms with van der Waals surface area (Å²) in [6, 6.07) is 0.219. The van der Waals surface area contributed by atoms with Gasteiger partial charge in [-0.05, 0) is 71.8 Å². The Labute approximate surface area is 198 Å². The van der Waals surface area contributed by atoms with E-state index in [-0.39, 0.29) is 35.2 Å². The smallest absolute Gasteiger partial charge is 0.303 e. The number of nitrogens with one attached hydrogen (secondary N) is 1. The summed E-state index contributed by atoms with van der Waals surface area (Å²) in [6.07, 6.45) is 16.7. The Kier molecular flexibility index (Phi) is 8.57. The van der Waals surface area contributed by atoms with Gasteiger partial charge in [-0.3, -0.25) is 9.59 Å². The molecule has 2 saturated heterocycles. The van der Waals surface area contributed by atoms with Crippen LogP contribution in [0.15, 0.2) is 36.0 Å². The molecule has 3 rings (SSSR count). The fraction of sp³-hybridized carbons (Fsp3) is 0.704. The number of amides is 1. The normalized spacial score (nSPS) is 32.8. The molecule has 1 amide bonds. The minimum Gasteiger partial charge on any atom is -0.459 e. The van der Waals surface area contributed by atoms with Gasteiger partial charge in [0.05, 0.1) is 23.9 Å². The van der Waals surface area contributed by atoms with E-state index in [1.165, 1.54) is 18.6 Å². The highest BCUT2D eigenvalue weighted by Gasteiger charge is 2.53. The molecule has 6 heteroatoms. The number of carbonyl (C=O) groups is 2. The maximum Gasteiger partial charge on any atom is 0.303 e. The van der Waals surface area contributed by atoms with E-state index >= 15 is 0 Å². The monoisotopic (exact) mass is 459 g/mol. The number of allylic oxidation sites excluding steroid dienone is 3. The molecule has 3 aliphatic rings. The maximum absolute atomic E-state index is 12.1. The number of carbonyl (C=O) groups excluding carboxylic acids is 2. The number of hydrogen-bond acceptors (Lipinski definition) is 5. The van der Waals surface area contributed by atoms with E-state index < -0.39 is 6.10 Å². The van der Waals surface area contributed by atoms with Crippen LogP contribution in [0.25, 0.3) is 0 Å². The molecule has 3 atom stereocenters. The molecule has 184 valence electrons. The zero-order valence-electron chi connectivity index (χ0n) is 20.9. The first-order valence-electron chi connectivity index (χ1n) is 12.4. The van der Waals surface area contributed by atoms with Gasteiger partial charge in [0.2, 0.25) is 5.91 Å². The second-order valence-electron chi connectivity index (χ2n) is 10.7. The summed E-state index contributed by atoms with van der Waals surface area (Å²) in [5, 5.41) is 3.07. The lowest BCUT2D eigenvalue weighted by Crippen LogP contribution is -2.43. The average Bonchev–Trinajstić information content (AvgIpc) is 3.46. The summed E-state index contributed by atoms with van der Waals surface area (Å²) in [5.41, 5.74) is 1.19. The molecule has 2 heterocycles. The average molecular weight is 460 g/mol. The van der Waals surface area contributed by atoms with Crippen molar-refractivity contribution >= 4 is 11.9 Å². The van der Waals surface area contributed by atoms with Gasteiger partial charge in [0.15, 0.2) is 0 Å². The van der Waals surface area contributed by atoms with Crippen LogP contribution in [0.4, 0.5) is 0 Å². The molecule has 0 bridgehead atoms. The van der Waals surface area contributed by atoms with Gasteiger partial charge in [-0.25, -0.2) is 0 Å². The molecule has 1 aliphatic carbocycles. The summed E-state index contributed by atoms with van der Waals surface area (Å²) in [5.74, 6) is 0.192. The minimum absolute atomic E-state index is 0.0544. The number of epoxide rings is 1. The van der Waals surface area contributed by atoms with Crippen molar-refractivity contribution in [2.75, 3.05) is 6.61 Å². The van der Waals surface area contributed by atoms with Crippen LogP contribution in [-0.4, -0.2) is 47.9 Å². The molecule has 0 aromatic rings. The van der Waals surface area contributed by atoms with E-state index in [0.29, 0.717) is 5.92 Å². The van der Waals surface area contributed by atoms with Crippen LogP contribution in [0.3, 0.4) is 0 Å². The van der Waals surface area contributed by atoms with Gasteiger partial charge in [0, 0.05) is 31.9 Å². The van der Waals surface area contributed by atoms with Crippen LogP contribution in [0.5, 0.6) is 0 Å². The van der Waals surface area contributed by atoms with Crippen LogP contribution in [0.1, 0.15) is 79.6 Å². The van der Waals surface area contributed by atoms with Crippen LogP contribution < -0.4 is 5.32 Å². The topological polar surface area (TPSA) is 77.2 Å². The standard InChI is InChI=1S/C27H41NO5/c1-19(7-14-24-16-27(18-31-27)17-26(4,5)33-24)6-9-22-10-12-23(13-11-22)28-25(30)15-8-20(2)32-21(3)29/h6-8,14-15,20,22-24H,9-13,16-18H2,1-5H3,(H,28,30)/b14-7+,15-8-,19-6+/t20-,22-,23+,24?,27+/m0/s1. The molecule has 1 N–H and O–H groups in total. The molecule has 3 fully saturated rings. The summed E-state index contributed by atoms with van der Waals surface area (Å²) in [7, 11) is 0. The molecule has 0 aromatic carbocycles. The highest BCUT2D eigenvalue weighted by molar-refractivity contribution is 5.87. The Morgan fingerprint density at radius 3 is 2.48 bits per heavy atom. The molecular weight excluding hydrogens is 418 g/mol. The lowest BCUT2D eigenvalue weighted by molar-refractivity contribution is -0.143. The SMILES string of the molecule is CC(=O)O[C@@H](C)/C=C\C(=O)N[C@H]1CC[C@@H](C/C=C(C)/C=C/C2C[C@]3(CO3)CC(C)(C)O2)CC1. The molecular formula is C27H41NO5. The first-order valence-corrected chi connectivity index (χ1v) is 12.4. The van der Waals surface area contributed by atoms with Crippen LogP contribution in [0, 0.1) is 5.92 Å². The summed E-state index contributed by atoms with van der Waals surface area (Å²) < 4.78 is 17.0. The molecule has 0 radical (unpaired) electrons. The van der Waals surface area contributed by atoms with E-state index in [2.05, 4.69) is 44.3 Å². The van der Waals surface area contributed by atoms with Crippen LogP contribution in [0.2, 0.25) is 0 Å². The van der Waals surface area contributed by atoms with E-state index in [1.54, 1.807) is 13.0 Å². The Hall–Kier alpha value is -1.92. The summed E-state index contributed by atoms with van der Waals surface area (Å²) in [4.78, 5) is 23.0. The van der Waals surface area contributed by atoms with Crippen molar-refractivity contribution in [3.8, 4) is 0 Å². The van der Waals surface area contributed by atoms with Crippen LogP contribution >= 0.6 is 0 Å². The van der Waals surface area contributed by atoms with Crippen molar-refractivity contribution < 1.29 is 23.8 Å². The third-order valence-corrected chi connectivity index (χ3v) is 6.75. The van der Waals surface area contributed by atoms with Gasteiger partial charge in [0.25, 0.3) is 0 Å². The predicted octanol–water partition coefficient (Wildman–Crippen LogP) is 4.79. The number of hydrogen-bond donors (Lipinski definition) is 1. The van der Waals surface area contributed by atoms with Crippen molar-refractivity contribution in [3.05, 3.63) is 36.0 Å². The van der Waals surface area contributed by atoms with Gasteiger partial charge >= 0.3 is 5.97 Å². The molecule has 33 heavy (non-hydrogen) atoms. The molecule has 0 aromatic heterocycles. The highest BCUT2D eigenvalue weighted by atomic mass is 16.6. The zero-order chi connectivity index (χ0) is 24.1. The minimum atomic E-state index is -0.396. The largest absolute Gasteiger partial charge is 0.459 e. The fourth-order valence-corrected chi connectivity index (χ4v) is 5.13. The first kappa shape index (κ1) is 25.7. The summed E-state index contributed by atoms with van der Waals surface area (Å²) in [6.45, 7) is 10.4. The number of ether oxygens (including phenoxy) is 3. The molecule has 1 unspecified atom stereocenters. The van der Waals surface area contributed by atoms with Gasteiger partial charge in [-0.1, -0.05) is 23.8 Å². The Morgan fingerprint density at radius 1 is 1.15 bits per heavy atom. The third-order valence-electron chi connectivity index (χ3n) is 6.75. The molecule has 1 spiro atoms. The van der Waals surface area contributed by atoms with Gasteiger partial charge < -0.3 is 19.5 Å². The first-order chi connectivity index (χ1) is 15.5. The van der Waals surface area contributed by atoms with E-state index in [0.717, 1.165) is 51.6 Å². The van der Waals surface area contributed by atoms with Gasteiger partial charge in [-0.2, -0.15) is 0 Å². The molecule has 2 aliphatic heterocycles. The van der Waals surface area contributed by atoms with Gasteiger partial charge in [0.1, 0.15) is 6.10 Å². The number of rotatable bonds is 8. The second-order valence-corrected chi connectivity index (χ2v) is 10.7. The maximum atomic E-state index is 12.1. The number of esters is 1. The fourth-order valence-electron chi connectivity index (χ4n) is 5.13. The van der Waals surface area contributed by atoms with Crippen molar-refractivity contribution in [1.82, 2.24) is 5.32 Å². The van der Waals surface area contributed by atoms with Crippen molar-refractivity contribution in [2.24, 2.45) is 5.92 Å². The molecule has 1 saturated carbocycles. The quantitative estimate of drug-likeness (QED) is 0.244. The van der Waals surface area contributed by atoms with Crippen molar-refractivity contribution in [2.45, 2.75) is 109 Å². The van der Waals surface area contributed by atoms with Crippen LogP contribution in [-0.2, 0) is 23.8 Å². The summed E-state index contributed by atoms with van der Waals surface area (Å²) >= 11 is 0. The van der Waals surface area contributed by atoms with E-state index in [1.807, 2.05) is 0 Å². The zero-order valence-corrected chi connectivity index (χ0v) is 20.9. The Balaban J connectivity index is 1.36. The Morgan fingerprint density at radius 2 is 1.85 bits per heavy atom.